The minimum Gasteiger partial charge on any atom is -0.340 e. The van der Waals surface area contributed by atoms with Crippen LogP contribution in [0.25, 0.3) is 0 Å². The summed E-state index contributed by atoms with van der Waals surface area (Å²) in [5, 5.41) is 3.27. The second kappa shape index (κ2) is 6.96. The first-order chi connectivity index (χ1) is 9.88. The van der Waals surface area contributed by atoms with Gasteiger partial charge in [0.05, 0.1) is 0 Å². The van der Waals surface area contributed by atoms with E-state index in [9.17, 15) is 18.0 Å². The molecule has 0 bridgehead atoms. The van der Waals surface area contributed by atoms with Gasteiger partial charge in [-0.3, -0.25) is 9.69 Å². The number of carbonyl (C=O) groups is 1. The Hall–Kier alpha value is -0.820. The van der Waals surface area contributed by atoms with E-state index in [4.69, 9.17) is 0 Å². The topological polar surface area (TPSA) is 35.6 Å². The molecular weight excluding hydrogens is 283 g/mol. The van der Waals surface area contributed by atoms with Crippen LogP contribution in [0.3, 0.4) is 0 Å². The summed E-state index contributed by atoms with van der Waals surface area (Å²) in [5.74, 6) is 0.654. The van der Waals surface area contributed by atoms with Crippen molar-refractivity contribution >= 4 is 5.91 Å². The van der Waals surface area contributed by atoms with E-state index in [1.54, 1.807) is 4.90 Å². The van der Waals surface area contributed by atoms with Crippen LogP contribution in [0, 0.1) is 5.92 Å². The Balaban J connectivity index is 1.71. The highest BCUT2D eigenvalue weighted by Gasteiger charge is 2.41. The summed E-state index contributed by atoms with van der Waals surface area (Å²) >= 11 is 0. The number of amides is 1. The van der Waals surface area contributed by atoms with Crippen molar-refractivity contribution < 1.29 is 18.0 Å². The molecule has 2 heterocycles. The minimum atomic E-state index is -4.19. The summed E-state index contributed by atoms with van der Waals surface area (Å²) in [6.07, 6.45) is -1.68. The van der Waals surface area contributed by atoms with Crippen molar-refractivity contribution in [1.29, 1.82) is 0 Å². The number of hydrogen-bond donors (Lipinski definition) is 1. The first-order valence-corrected chi connectivity index (χ1v) is 7.67. The van der Waals surface area contributed by atoms with Crippen LogP contribution in [0.1, 0.15) is 26.2 Å². The molecule has 2 fully saturated rings. The van der Waals surface area contributed by atoms with E-state index in [1.165, 1.54) is 11.8 Å². The number of carbonyl (C=O) groups excluding carboxylic acids is 1. The lowest BCUT2D eigenvalue weighted by Crippen LogP contribution is -2.54. The standard InChI is InChI=1S/C14H24F3N3O/c1-11(14(15,16)17)19-6-8-20(9-7-19)13(21)3-2-12-4-5-18-10-12/h11-12,18H,2-10H2,1H3. The summed E-state index contributed by atoms with van der Waals surface area (Å²) < 4.78 is 38.0. The zero-order valence-electron chi connectivity index (χ0n) is 12.5. The number of piperazine rings is 1. The minimum absolute atomic E-state index is 0.0845. The van der Waals surface area contributed by atoms with E-state index in [1.807, 2.05) is 0 Å². The highest BCUT2D eigenvalue weighted by atomic mass is 19.4. The van der Waals surface area contributed by atoms with Crippen molar-refractivity contribution in [3.05, 3.63) is 0 Å². The molecule has 2 aliphatic heterocycles. The average Bonchev–Trinajstić information content (AvgIpc) is 2.96. The second-order valence-electron chi connectivity index (χ2n) is 6.03. The molecule has 2 atom stereocenters. The van der Waals surface area contributed by atoms with Gasteiger partial charge < -0.3 is 10.2 Å². The quantitative estimate of drug-likeness (QED) is 0.854. The molecule has 4 nitrogen and oxygen atoms in total. The van der Waals surface area contributed by atoms with Gasteiger partial charge >= 0.3 is 6.18 Å². The van der Waals surface area contributed by atoms with E-state index in [0.717, 1.165) is 25.9 Å². The van der Waals surface area contributed by atoms with Gasteiger partial charge in [0.25, 0.3) is 0 Å². The van der Waals surface area contributed by atoms with Crippen molar-refractivity contribution in [2.24, 2.45) is 5.92 Å². The van der Waals surface area contributed by atoms with Gasteiger partial charge in [-0.05, 0) is 38.8 Å². The summed E-state index contributed by atoms with van der Waals surface area (Å²) in [6, 6.07) is -1.43. The lowest BCUT2D eigenvalue weighted by atomic mass is 10.0. The fourth-order valence-electron chi connectivity index (χ4n) is 3.01. The van der Waals surface area contributed by atoms with Gasteiger partial charge in [0.2, 0.25) is 5.91 Å². The van der Waals surface area contributed by atoms with Crippen molar-refractivity contribution in [2.45, 2.75) is 38.4 Å². The van der Waals surface area contributed by atoms with Crippen molar-refractivity contribution in [3.8, 4) is 0 Å². The molecule has 21 heavy (non-hydrogen) atoms. The maximum absolute atomic E-state index is 12.7. The molecule has 0 spiro atoms. The normalized spacial score (nSPS) is 26.1. The van der Waals surface area contributed by atoms with Gasteiger partial charge in [-0.15, -0.1) is 0 Å². The van der Waals surface area contributed by atoms with Crippen LogP contribution in [0.5, 0.6) is 0 Å². The van der Waals surface area contributed by atoms with E-state index >= 15 is 0 Å². The molecule has 2 rings (SSSR count). The smallest absolute Gasteiger partial charge is 0.340 e. The molecule has 1 amide bonds. The van der Waals surface area contributed by atoms with Crippen molar-refractivity contribution in [1.82, 2.24) is 15.1 Å². The van der Waals surface area contributed by atoms with Gasteiger partial charge in [-0.25, -0.2) is 0 Å². The summed E-state index contributed by atoms with van der Waals surface area (Å²) in [4.78, 5) is 15.2. The van der Waals surface area contributed by atoms with Crippen LogP contribution in [0.2, 0.25) is 0 Å². The van der Waals surface area contributed by atoms with E-state index in [2.05, 4.69) is 5.32 Å². The molecule has 7 heteroatoms. The molecule has 2 aliphatic rings. The maximum Gasteiger partial charge on any atom is 0.403 e. The van der Waals surface area contributed by atoms with Crippen LogP contribution in [-0.4, -0.2) is 67.2 Å². The SMILES string of the molecule is CC(N1CCN(C(=O)CCC2CCNC2)CC1)C(F)(F)F. The average molecular weight is 307 g/mol. The number of hydrogen-bond acceptors (Lipinski definition) is 3. The van der Waals surface area contributed by atoms with Gasteiger partial charge in [-0.1, -0.05) is 0 Å². The Morgan fingerprint density at radius 2 is 1.95 bits per heavy atom. The second-order valence-corrected chi connectivity index (χ2v) is 6.03. The third-order valence-corrected chi connectivity index (χ3v) is 4.62. The highest BCUT2D eigenvalue weighted by molar-refractivity contribution is 5.76. The molecule has 0 aromatic carbocycles. The first-order valence-electron chi connectivity index (χ1n) is 7.67. The van der Waals surface area contributed by atoms with Crippen LogP contribution in [-0.2, 0) is 4.79 Å². The summed E-state index contributed by atoms with van der Waals surface area (Å²) in [6.45, 7) is 4.60. The van der Waals surface area contributed by atoms with Crippen LogP contribution in [0.4, 0.5) is 13.2 Å². The molecule has 0 saturated carbocycles. The molecule has 2 unspecified atom stereocenters. The number of nitrogens with one attached hydrogen (secondary N) is 1. The van der Waals surface area contributed by atoms with E-state index in [0.29, 0.717) is 38.5 Å². The maximum atomic E-state index is 12.7. The lowest BCUT2D eigenvalue weighted by molar-refractivity contribution is -0.183. The third kappa shape index (κ3) is 4.57. The number of rotatable bonds is 4. The van der Waals surface area contributed by atoms with E-state index in [-0.39, 0.29) is 5.91 Å². The third-order valence-electron chi connectivity index (χ3n) is 4.62. The molecular formula is C14H24F3N3O. The fraction of sp³-hybridized carbons (Fsp3) is 0.929. The monoisotopic (exact) mass is 307 g/mol. The molecule has 0 radical (unpaired) electrons. The van der Waals surface area contributed by atoms with Gasteiger partial charge in [0.15, 0.2) is 0 Å². The number of halogens is 3. The Bertz CT molecular complexity index is 348. The van der Waals surface area contributed by atoms with Crippen LogP contribution < -0.4 is 5.32 Å². The van der Waals surface area contributed by atoms with Gasteiger partial charge in [0, 0.05) is 32.6 Å². The first kappa shape index (κ1) is 16.5. The fourth-order valence-corrected chi connectivity index (χ4v) is 3.01. The Morgan fingerprint density at radius 1 is 1.29 bits per heavy atom. The molecule has 1 N–H and O–H groups in total. The van der Waals surface area contributed by atoms with Gasteiger partial charge in [-0.2, -0.15) is 13.2 Å². The Kier molecular flexibility index (Phi) is 5.48. The molecule has 0 aromatic heterocycles. The molecule has 122 valence electrons. The summed E-state index contributed by atoms with van der Waals surface area (Å²) in [7, 11) is 0. The largest absolute Gasteiger partial charge is 0.403 e. The predicted octanol–water partition coefficient (Wildman–Crippen LogP) is 1.47. The molecule has 0 aromatic rings. The van der Waals surface area contributed by atoms with Crippen LogP contribution in [0.15, 0.2) is 0 Å². The summed E-state index contributed by atoms with van der Waals surface area (Å²) in [5.41, 5.74) is 0. The predicted molar refractivity (Wildman–Crippen MR) is 73.9 cm³/mol. The number of alkyl halides is 3. The zero-order valence-corrected chi connectivity index (χ0v) is 12.5. The molecule has 0 aliphatic carbocycles. The van der Waals surface area contributed by atoms with Crippen molar-refractivity contribution in [3.63, 3.8) is 0 Å². The Morgan fingerprint density at radius 3 is 2.48 bits per heavy atom. The number of nitrogens with zero attached hydrogens (tertiary/aromatic N) is 2. The lowest BCUT2D eigenvalue weighted by Gasteiger charge is -2.38. The Labute approximate surface area is 123 Å². The van der Waals surface area contributed by atoms with Crippen LogP contribution >= 0.6 is 0 Å². The van der Waals surface area contributed by atoms with Gasteiger partial charge in [0.1, 0.15) is 6.04 Å². The highest BCUT2D eigenvalue weighted by Crippen LogP contribution is 2.25. The van der Waals surface area contributed by atoms with E-state index < -0.39 is 12.2 Å². The zero-order chi connectivity index (χ0) is 15.5. The van der Waals surface area contributed by atoms with Crippen molar-refractivity contribution in [2.75, 3.05) is 39.3 Å². The molecule has 2 saturated heterocycles.